The van der Waals surface area contributed by atoms with Crippen LogP contribution < -0.4 is 5.32 Å². The van der Waals surface area contributed by atoms with Crippen molar-refractivity contribution in [1.29, 1.82) is 0 Å². The largest absolute Gasteiger partial charge is 0.459 e. The summed E-state index contributed by atoms with van der Waals surface area (Å²) in [6.07, 6.45) is 1.95. The number of fused-ring (bicyclic) bond motifs is 1. The lowest BCUT2D eigenvalue weighted by molar-refractivity contribution is 0.308. The van der Waals surface area contributed by atoms with Crippen molar-refractivity contribution in [3.63, 3.8) is 0 Å². The minimum Gasteiger partial charge on any atom is -0.459 e. The number of nitrogens with one attached hydrogen (secondary N) is 1. The van der Waals surface area contributed by atoms with Crippen molar-refractivity contribution >= 4 is 11.0 Å². The van der Waals surface area contributed by atoms with Crippen molar-refractivity contribution in [3.05, 3.63) is 48.2 Å². The molecule has 1 heterocycles. The molecule has 1 N–H and O–H groups in total. The minimum absolute atomic E-state index is 0.784. The highest BCUT2D eigenvalue weighted by atomic mass is 16.3. The molecule has 2 rings (SSSR count). The third-order valence-electron chi connectivity index (χ3n) is 3.53. The van der Waals surface area contributed by atoms with Crippen molar-refractivity contribution < 1.29 is 4.42 Å². The van der Waals surface area contributed by atoms with E-state index in [1.165, 1.54) is 10.9 Å². The Kier molecular flexibility index (Phi) is 5.39. The van der Waals surface area contributed by atoms with E-state index in [-0.39, 0.29) is 0 Å². The Hall–Kier alpha value is -1.58. The highest BCUT2D eigenvalue weighted by molar-refractivity contribution is 5.82. The summed E-state index contributed by atoms with van der Waals surface area (Å²) in [5.41, 5.74) is 2.27. The lowest BCUT2D eigenvalue weighted by atomic mass is 10.1. The molecule has 0 aliphatic rings. The van der Waals surface area contributed by atoms with Crippen LogP contribution in [-0.2, 0) is 13.1 Å². The molecule has 0 atom stereocenters. The zero-order chi connectivity index (χ0) is 14.4. The monoisotopic (exact) mass is 272 g/mol. The second kappa shape index (κ2) is 7.27. The van der Waals surface area contributed by atoms with Crippen LogP contribution in [0, 0.1) is 0 Å². The van der Waals surface area contributed by atoms with Gasteiger partial charge in [-0.15, -0.1) is 6.58 Å². The first-order chi connectivity index (χ1) is 9.80. The number of hydrogen-bond acceptors (Lipinski definition) is 3. The molecule has 1 aromatic carbocycles. The third-order valence-corrected chi connectivity index (χ3v) is 3.53. The molecular weight excluding hydrogens is 248 g/mol. The van der Waals surface area contributed by atoms with Gasteiger partial charge in [0.05, 0.1) is 6.54 Å². The molecule has 0 spiro atoms. The molecular formula is C17H24N2O. The summed E-state index contributed by atoms with van der Waals surface area (Å²) >= 11 is 0. The van der Waals surface area contributed by atoms with Gasteiger partial charge in [0.25, 0.3) is 0 Å². The molecule has 0 aliphatic heterocycles. The van der Waals surface area contributed by atoms with Crippen LogP contribution in [0.4, 0.5) is 0 Å². The van der Waals surface area contributed by atoms with Crippen molar-refractivity contribution in [1.82, 2.24) is 10.2 Å². The fourth-order valence-corrected chi connectivity index (χ4v) is 2.42. The Morgan fingerprint density at radius 1 is 1.30 bits per heavy atom. The molecule has 0 unspecified atom stereocenters. The van der Waals surface area contributed by atoms with Gasteiger partial charge < -0.3 is 9.73 Å². The molecule has 0 fully saturated rings. The molecule has 0 bridgehead atoms. The number of para-hydroxylation sites is 1. The van der Waals surface area contributed by atoms with Gasteiger partial charge in [-0.05, 0) is 19.2 Å². The van der Waals surface area contributed by atoms with E-state index in [1.807, 2.05) is 18.2 Å². The summed E-state index contributed by atoms with van der Waals surface area (Å²) in [6.45, 7) is 12.7. The van der Waals surface area contributed by atoms with Crippen LogP contribution in [0.3, 0.4) is 0 Å². The Morgan fingerprint density at radius 3 is 2.80 bits per heavy atom. The van der Waals surface area contributed by atoms with E-state index in [4.69, 9.17) is 4.42 Å². The van der Waals surface area contributed by atoms with Gasteiger partial charge in [0.15, 0.2) is 0 Å². The van der Waals surface area contributed by atoms with Crippen LogP contribution in [0.2, 0.25) is 0 Å². The number of hydrogen-bond donors (Lipinski definition) is 1. The minimum atomic E-state index is 0.784. The first-order valence-corrected chi connectivity index (χ1v) is 7.33. The fraction of sp³-hybridized carbons (Fsp3) is 0.412. The van der Waals surface area contributed by atoms with Gasteiger partial charge in [0, 0.05) is 24.0 Å². The normalized spacial score (nSPS) is 11.3. The number of furan rings is 1. The van der Waals surface area contributed by atoms with Gasteiger partial charge in [-0.2, -0.15) is 0 Å². The van der Waals surface area contributed by atoms with Crippen LogP contribution in [0.5, 0.6) is 0 Å². The van der Waals surface area contributed by atoms with Crippen molar-refractivity contribution in [2.24, 2.45) is 0 Å². The second-order valence-corrected chi connectivity index (χ2v) is 4.90. The smallest absolute Gasteiger partial charge is 0.134 e. The fourth-order valence-electron chi connectivity index (χ4n) is 2.42. The van der Waals surface area contributed by atoms with Gasteiger partial charge in [-0.3, -0.25) is 4.90 Å². The summed E-state index contributed by atoms with van der Waals surface area (Å²) in [4.78, 5) is 2.36. The second-order valence-electron chi connectivity index (χ2n) is 4.90. The van der Waals surface area contributed by atoms with Crippen LogP contribution in [0.15, 0.2) is 41.3 Å². The van der Waals surface area contributed by atoms with E-state index in [2.05, 4.69) is 42.8 Å². The molecule has 108 valence electrons. The van der Waals surface area contributed by atoms with E-state index >= 15 is 0 Å². The molecule has 1 aromatic heterocycles. The predicted molar refractivity (Wildman–Crippen MR) is 84.7 cm³/mol. The van der Waals surface area contributed by atoms with Gasteiger partial charge in [0.2, 0.25) is 0 Å². The molecule has 0 saturated carbocycles. The average molecular weight is 272 g/mol. The van der Waals surface area contributed by atoms with E-state index in [0.29, 0.717) is 0 Å². The van der Waals surface area contributed by atoms with Gasteiger partial charge in [-0.1, -0.05) is 38.1 Å². The predicted octanol–water partition coefficient (Wildman–Crippen LogP) is 3.55. The number of benzene rings is 1. The highest BCUT2D eigenvalue weighted by Crippen LogP contribution is 2.27. The van der Waals surface area contributed by atoms with Gasteiger partial charge in [0.1, 0.15) is 11.3 Å². The maximum Gasteiger partial charge on any atom is 0.134 e. The van der Waals surface area contributed by atoms with Crippen LogP contribution in [-0.4, -0.2) is 24.5 Å². The lowest BCUT2D eigenvalue weighted by Crippen LogP contribution is -2.23. The Balaban J connectivity index is 2.33. The van der Waals surface area contributed by atoms with Crippen LogP contribution >= 0.6 is 0 Å². The topological polar surface area (TPSA) is 28.4 Å². The highest BCUT2D eigenvalue weighted by Gasteiger charge is 2.15. The maximum absolute atomic E-state index is 6.01. The van der Waals surface area contributed by atoms with Crippen LogP contribution in [0.25, 0.3) is 11.0 Å². The summed E-state index contributed by atoms with van der Waals surface area (Å²) < 4.78 is 6.01. The zero-order valence-corrected chi connectivity index (χ0v) is 12.5. The SMILES string of the molecule is C=CCN(CC)Cc1c(CNCC)oc2ccccc12. The molecule has 3 nitrogen and oxygen atoms in total. The van der Waals surface area contributed by atoms with Crippen molar-refractivity contribution in [3.8, 4) is 0 Å². The first-order valence-electron chi connectivity index (χ1n) is 7.33. The zero-order valence-electron chi connectivity index (χ0n) is 12.5. The van der Waals surface area contributed by atoms with Crippen molar-refractivity contribution in [2.45, 2.75) is 26.9 Å². The average Bonchev–Trinajstić information content (AvgIpc) is 2.82. The molecule has 3 heteroatoms. The molecule has 0 aliphatic carbocycles. The van der Waals surface area contributed by atoms with Crippen molar-refractivity contribution in [2.75, 3.05) is 19.6 Å². The summed E-state index contributed by atoms with van der Waals surface area (Å²) in [7, 11) is 0. The van der Waals surface area contributed by atoms with Gasteiger partial charge >= 0.3 is 0 Å². The molecule has 0 saturated heterocycles. The first kappa shape index (κ1) is 14.8. The quantitative estimate of drug-likeness (QED) is 0.745. The van der Waals surface area contributed by atoms with E-state index in [0.717, 1.165) is 44.1 Å². The number of rotatable bonds is 8. The molecule has 2 aromatic rings. The van der Waals surface area contributed by atoms with E-state index in [9.17, 15) is 0 Å². The summed E-state index contributed by atoms with van der Waals surface area (Å²) in [5.74, 6) is 1.05. The summed E-state index contributed by atoms with van der Waals surface area (Å²) in [6, 6.07) is 8.28. The number of nitrogens with zero attached hydrogens (tertiary/aromatic N) is 1. The van der Waals surface area contributed by atoms with E-state index in [1.54, 1.807) is 0 Å². The van der Waals surface area contributed by atoms with Crippen LogP contribution in [0.1, 0.15) is 25.2 Å². The standard InChI is InChI=1S/C17H24N2O/c1-4-11-19(6-3)13-15-14-9-7-8-10-16(14)20-17(15)12-18-5-2/h4,7-10,18H,1,5-6,11-13H2,2-3H3. The molecule has 0 radical (unpaired) electrons. The maximum atomic E-state index is 6.01. The Labute approximate surface area is 121 Å². The number of likely N-dealkylation sites (N-methyl/N-ethyl adjacent to an activating group) is 1. The van der Waals surface area contributed by atoms with E-state index < -0.39 is 0 Å². The Bertz CT molecular complexity index is 559. The molecule has 0 amide bonds. The lowest BCUT2D eigenvalue weighted by Gasteiger charge is -2.18. The van der Waals surface area contributed by atoms with Gasteiger partial charge in [-0.25, -0.2) is 0 Å². The Morgan fingerprint density at radius 2 is 2.10 bits per heavy atom. The third kappa shape index (κ3) is 3.30. The molecule has 20 heavy (non-hydrogen) atoms. The summed E-state index contributed by atoms with van der Waals surface area (Å²) in [5, 5.41) is 4.58.